The highest BCUT2D eigenvalue weighted by atomic mass is 32.2. The van der Waals surface area contributed by atoms with Crippen LogP contribution in [0.5, 0.6) is 0 Å². The van der Waals surface area contributed by atoms with E-state index in [1.807, 2.05) is 42.5 Å². The van der Waals surface area contributed by atoms with Crippen molar-refractivity contribution >= 4 is 26.8 Å². The zero-order valence-corrected chi connectivity index (χ0v) is 16.8. The first-order chi connectivity index (χ1) is 14.3. The summed E-state index contributed by atoms with van der Waals surface area (Å²) in [6.07, 6.45) is 1.51. The van der Waals surface area contributed by atoms with E-state index >= 15 is 0 Å². The van der Waals surface area contributed by atoms with Gasteiger partial charge in [0.25, 0.3) is 0 Å². The smallest absolute Gasteiger partial charge is 0.321 e. The van der Waals surface area contributed by atoms with Gasteiger partial charge in [-0.3, -0.25) is 4.79 Å². The van der Waals surface area contributed by atoms with Gasteiger partial charge in [-0.1, -0.05) is 42.5 Å². The van der Waals surface area contributed by atoms with E-state index in [1.54, 1.807) is 12.1 Å². The van der Waals surface area contributed by atoms with Crippen LogP contribution in [0.3, 0.4) is 0 Å². The maximum Gasteiger partial charge on any atom is 0.321 e. The molecular formula is C22H18N2O5S. The fourth-order valence-corrected chi connectivity index (χ4v) is 4.21. The SMILES string of the molecule is C[C@@H](NS(=O)(=O)c1ccc(-c2coc(-c3ccc4ccccc4c3)n2)cc1)C(=O)O. The van der Waals surface area contributed by atoms with Gasteiger partial charge in [0.15, 0.2) is 0 Å². The number of fused-ring (bicyclic) bond motifs is 1. The standard InChI is InChI=1S/C22H18N2O5S/c1-14(22(25)26)24-30(27,28)19-10-8-16(9-11-19)20-13-29-21(23-20)18-7-6-15-4-2-3-5-17(15)12-18/h2-14,24H,1H3,(H,25,26)/t14-/m1/s1. The van der Waals surface area contributed by atoms with E-state index in [2.05, 4.69) is 9.71 Å². The molecule has 2 N–H and O–H groups in total. The van der Waals surface area contributed by atoms with Crippen LogP contribution in [0.2, 0.25) is 0 Å². The summed E-state index contributed by atoms with van der Waals surface area (Å²) in [4.78, 5) is 15.4. The van der Waals surface area contributed by atoms with Crippen molar-refractivity contribution in [2.24, 2.45) is 0 Å². The van der Waals surface area contributed by atoms with Crippen LogP contribution in [0.25, 0.3) is 33.5 Å². The summed E-state index contributed by atoms with van der Waals surface area (Å²) in [6.45, 7) is 1.26. The molecule has 1 aromatic heterocycles. The quantitative estimate of drug-likeness (QED) is 0.487. The van der Waals surface area contributed by atoms with Crippen molar-refractivity contribution in [3.8, 4) is 22.7 Å². The number of nitrogens with one attached hydrogen (secondary N) is 1. The Balaban J connectivity index is 1.58. The number of rotatable bonds is 6. The summed E-state index contributed by atoms with van der Waals surface area (Å²) in [5, 5.41) is 11.1. The first-order valence-electron chi connectivity index (χ1n) is 9.14. The molecule has 8 heteroatoms. The number of carboxylic acids is 1. The van der Waals surface area contributed by atoms with Gasteiger partial charge in [-0.25, -0.2) is 13.4 Å². The van der Waals surface area contributed by atoms with Gasteiger partial charge in [0, 0.05) is 11.1 Å². The Morgan fingerprint density at radius 3 is 2.37 bits per heavy atom. The third-order valence-corrected chi connectivity index (χ3v) is 6.22. The van der Waals surface area contributed by atoms with Crippen molar-refractivity contribution < 1.29 is 22.7 Å². The topological polar surface area (TPSA) is 110 Å². The second-order valence-electron chi connectivity index (χ2n) is 6.81. The van der Waals surface area contributed by atoms with Crippen LogP contribution in [0.15, 0.2) is 82.3 Å². The molecule has 1 heterocycles. The van der Waals surface area contributed by atoms with Gasteiger partial charge in [0.1, 0.15) is 18.0 Å². The lowest BCUT2D eigenvalue weighted by Gasteiger charge is -2.10. The highest BCUT2D eigenvalue weighted by molar-refractivity contribution is 7.89. The van der Waals surface area contributed by atoms with Crippen LogP contribution >= 0.6 is 0 Å². The molecule has 0 spiro atoms. The monoisotopic (exact) mass is 422 g/mol. The van der Waals surface area contributed by atoms with Crippen molar-refractivity contribution in [3.63, 3.8) is 0 Å². The summed E-state index contributed by atoms with van der Waals surface area (Å²) in [5.74, 6) is -0.789. The first-order valence-corrected chi connectivity index (χ1v) is 10.6. The maximum absolute atomic E-state index is 12.3. The average molecular weight is 422 g/mol. The Hall–Kier alpha value is -3.49. The predicted molar refractivity (Wildman–Crippen MR) is 112 cm³/mol. The number of oxazole rings is 1. The number of carboxylic acid groups (broad SMARTS) is 1. The number of aliphatic carboxylic acids is 1. The predicted octanol–water partition coefficient (Wildman–Crippen LogP) is 3.91. The molecule has 0 aliphatic carbocycles. The van der Waals surface area contributed by atoms with E-state index < -0.39 is 22.0 Å². The number of carbonyl (C=O) groups is 1. The third-order valence-electron chi connectivity index (χ3n) is 4.66. The summed E-state index contributed by atoms with van der Waals surface area (Å²) in [5.41, 5.74) is 2.08. The molecule has 0 aliphatic rings. The Morgan fingerprint density at radius 2 is 1.67 bits per heavy atom. The fraction of sp³-hybridized carbons (Fsp3) is 0.0909. The van der Waals surface area contributed by atoms with Crippen LogP contribution in [-0.4, -0.2) is 30.5 Å². The lowest BCUT2D eigenvalue weighted by Crippen LogP contribution is -2.38. The van der Waals surface area contributed by atoms with Crippen molar-refractivity contribution in [2.75, 3.05) is 0 Å². The molecule has 0 unspecified atom stereocenters. The molecule has 4 aromatic rings. The van der Waals surface area contributed by atoms with Gasteiger partial charge < -0.3 is 9.52 Å². The lowest BCUT2D eigenvalue weighted by molar-refractivity contribution is -0.138. The molecule has 0 fully saturated rings. The molecule has 152 valence electrons. The number of hydrogen-bond donors (Lipinski definition) is 2. The number of aromatic nitrogens is 1. The molecule has 0 saturated carbocycles. The zero-order valence-electron chi connectivity index (χ0n) is 15.9. The van der Waals surface area contributed by atoms with Crippen molar-refractivity contribution in [2.45, 2.75) is 17.9 Å². The van der Waals surface area contributed by atoms with E-state index in [0.29, 0.717) is 17.1 Å². The summed E-state index contributed by atoms with van der Waals surface area (Å²) >= 11 is 0. The fourth-order valence-electron chi connectivity index (χ4n) is 3.02. The largest absolute Gasteiger partial charge is 0.480 e. The number of benzene rings is 3. The maximum atomic E-state index is 12.3. The van der Waals surface area contributed by atoms with Crippen LogP contribution in [0, 0.1) is 0 Å². The number of hydrogen-bond acceptors (Lipinski definition) is 5. The van der Waals surface area contributed by atoms with Gasteiger partial charge in [0.2, 0.25) is 15.9 Å². The minimum atomic E-state index is -3.94. The first kappa shape index (κ1) is 19.8. The Kier molecular flexibility index (Phi) is 5.11. The molecule has 4 rings (SSSR count). The van der Waals surface area contributed by atoms with Crippen LogP contribution in [0.1, 0.15) is 6.92 Å². The van der Waals surface area contributed by atoms with E-state index in [-0.39, 0.29) is 4.90 Å². The highest BCUT2D eigenvalue weighted by Gasteiger charge is 2.21. The molecule has 0 amide bonds. The second-order valence-corrected chi connectivity index (χ2v) is 8.52. The Bertz CT molecular complexity index is 1330. The van der Waals surface area contributed by atoms with Crippen molar-refractivity contribution in [3.05, 3.63) is 73.0 Å². The number of nitrogens with zero attached hydrogens (tertiary/aromatic N) is 1. The van der Waals surface area contributed by atoms with E-state index in [0.717, 1.165) is 16.3 Å². The van der Waals surface area contributed by atoms with Crippen LogP contribution in [0.4, 0.5) is 0 Å². The van der Waals surface area contributed by atoms with Crippen molar-refractivity contribution in [1.29, 1.82) is 0 Å². The molecule has 0 radical (unpaired) electrons. The van der Waals surface area contributed by atoms with Gasteiger partial charge in [0.05, 0.1) is 4.90 Å². The van der Waals surface area contributed by atoms with Gasteiger partial charge in [-0.05, 0) is 42.0 Å². The summed E-state index contributed by atoms with van der Waals surface area (Å²) in [6, 6.07) is 18.7. The average Bonchev–Trinajstić information content (AvgIpc) is 3.23. The molecule has 30 heavy (non-hydrogen) atoms. The molecular weight excluding hydrogens is 404 g/mol. The normalized spacial score (nSPS) is 12.7. The zero-order chi connectivity index (χ0) is 21.3. The molecule has 3 aromatic carbocycles. The third kappa shape index (κ3) is 3.96. The van der Waals surface area contributed by atoms with E-state index in [1.165, 1.54) is 25.3 Å². The Labute approximate surface area is 173 Å². The molecule has 0 bridgehead atoms. The van der Waals surface area contributed by atoms with E-state index in [9.17, 15) is 13.2 Å². The van der Waals surface area contributed by atoms with Gasteiger partial charge in [-0.2, -0.15) is 4.72 Å². The Morgan fingerprint density at radius 1 is 1.00 bits per heavy atom. The van der Waals surface area contributed by atoms with Crippen LogP contribution in [-0.2, 0) is 14.8 Å². The minimum absolute atomic E-state index is 0.0300. The number of sulfonamides is 1. The molecule has 7 nitrogen and oxygen atoms in total. The molecule has 0 saturated heterocycles. The van der Waals surface area contributed by atoms with Gasteiger partial charge in [-0.15, -0.1) is 0 Å². The molecule has 0 aliphatic heterocycles. The van der Waals surface area contributed by atoms with Crippen molar-refractivity contribution in [1.82, 2.24) is 9.71 Å². The van der Waals surface area contributed by atoms with E-state index in [4.69, 9.17) is 9.52 Å². The highest BCUT2D eigenvalue weighted by Crippen LogP contribution is 2.27. The van der Waals surface area contributed by atoms with Gasteiger partial charge >= 0.3 is 5.97 Å². The lowest BCUT2D eigenvalue weighted by atomic mass is 10.1. The minimum Gasteiger partial charge on any atom is -0.480 e. The summed E-state index contributed by atoms with van der Waals surface area (Å²) in [7, 11) is -3.94. The van der Waals surface area contributed by atoms with Crippen LogP contribution < -0.4 is 4.72 Å². The summed E-state index contributed by atoms with van der Waals surface area (Å²) < 4.78 is 32.3. The second kappa shape index (κ2) is 7.74. The molecule has 1 atom stereocenters.